The van der Waals surface area contributed by atoms with Gasteiger partial charge in [-0.25, -0.2) is 0 Å². The SMILES string of the molecule is NC(=O)CCc1nnc(SCC(=O)c2ccc(Cl)cc2)n1CC1CCCO1. The summed E-state index contributed by atoms with van der Waals surface area (Å²) in [6, 6.07) is 6.81. The molecule has 1 aromatic carbocycles. The zero-order valence-corrected chi connectivity index (χ0v) is 16.3. The van der Waals surface area contributed by atoms with Crippen molar-refractivity contribution in [3.05, 3.63) is 40.7 Å². The first-order valence-electron chi connectivity index (χ1n) is 8.76. The molecule has 0 saturated carbocycles. The van der Waals surface area contributed by atoms with Crippen LogP contribution in [0, 0.1) is 0 Å². The van der Waals surface area contributed by atoms with Crippen molar-refractivity contribution in [3.63, 3.8) is 0 Å². The maximum atomic E-state index is 12.4. The zero-order chi connectivity index (χ0) is 19.2. The van der Waals surface area contributed by atoms with Crippen LogP contribution in [0.4, 0.5) is 0 Å². The summed E-state index contributed by atoms with van der Waals surface area (Å²) < 4.78 is 7.65. The van der Waals surface area contributed by atoms with Crippen molar-refractivity contribution in [1.29, 1.82) is 0 Å². The second-order valence-corrected chi connectivity index (χ2v) is 7.71. The lowest BCUT2D eigenvalue weighted by Gasteiger charge is -2.14. The number of aryl methyl sites for hydroxylation is 1. The highest BCUT2D eigenvalue weighted by molar-refractivity contribution is 7.99. The summed E-state index contributed by atoms with van der Waals surface area (Å²) in [4.78, 5) is 23.5. The molecule has 2 N–H and O–H groups in total. The van der Waals surface area contributed by atoms with E-state index in [-0.39, 0.29) is 30.0 Å². The summed E-state index contributed by atoms with van der Waals surface area (Å²) in [5.41, 5.74) is 5.86. The Hall–Kier alpha value is -1.90. The van der Waals surface area contributed by atoms with Gasteiger partial charge in [0.1, 0.15) is 5.82 Å². The number of thioether (sulfide) groups is 1. The van der Waals surface area contributed by atoms with E-state index in [0.29, 0.717) is 34.5 Å². The summed E-state index contributed by atoms with van der Waals surface area (Å²) in [5.74, 6) is 0.530. The molecule has 9 heteroatoms. The molecule has 1 aliphatic rings. The Morgan fingerprint density at radius 1 is 1.30 bits per heavy atom. The van der Waals surface area contributed by atoms with Gasteiger partial charge in [-0.15, -0.1) is 10.2 Å². The third-order valence-corrected chi connectivity index (χ3v) is 5.52. The number of amides is 1. The van der Waals surface area contributed by atoms with Gasteiger partial charge in [0.15, 0.2) is 10.9 Å². The van der Waals surface area contributed by atoms with Crippen molar-refractivity contribution in [2.24, 2.45) is 5.73 Å². The average Bonchev–Trinajstić information content (AvgIpc) is 3.29. The topological polar surface area (TPSA) is 100 Å². The van der Waals surface area contributed by atoms with Crippen LogP contribution in [0.3, 0.4) is 0 Å². The number of hydrogen-bond acceptors (Lipinski definition) is 6. The van der Waals surface area contributed by atoms with Crippen LogP contribution >= 0.6 is 23.4 Å². The lowest BCUT2D eigenvalue weighted by Crippen LogP contribution is -2.19. The molecule has 1 fully saturated rings. The van der Waals surface area contributed by atoms with Crippen molar-refractivity contribution in [2.45, 2.75) is 43.5 Å². The number of halogens is 1. The van der Waals surface area contributed by atoms with Gasteiger partial charge in [0.2, 0.25) is 5.91 Å². The summed E-state index contributed by atoms with van der Waals surface area (Å²) in [5, 5.41) is 9.64. The molecule has 0 radical (unpaired) electrons. The first-order chi connectivity index (χ1) is 13.0. The first kappa shape index (κ1) is 19.9. The monoisotopic (exact) mass is 408 g/mol. The summed E-state index contributed by atoms with van der Waals surface area (Å²) in [7, 11) is 0. The van der Waals surface area contributed by atoms with Crippen molar-refractivity contribution >= 4 is 35.1 Å². The number of aromatic nitrogens is 3. The second kappa shape index (κ2) is 9.34. The number of hydrogen-bond donors (Lipinski definition) is 1. The van der Waals surface area contributed by atoms with Gasteiger partial charge in [0.25, 0.3) is 0 Å². The van der Waals surface area contributed by atoms with Crippen LogP contribution in [0.25, 0.3) is 0 Å². The van der Waals surface area contributed by atoms with E-state index in [4.69, 9.17) is 22.1 Å². The summed E-state index contributed by atoms with van der Waals surface area (Å²) in [6.45, 7) is 1.36. The normalized spacial score (nSPS) is 16.6. The van der Waals surface area contributed by atoms with Crippen LogP contribution in [0.1, 0.15) is 35.4 Å². The Labute approximate surface area is 166 Å². The maximum absolute atomic E-state index is 12.4. The number of primary amides is 1. The molecule has 1 unspecified atom stereocenters. The molecule has 2 aromatic rings. The van der Waals surface area contributed by atoms with E-state index in [1.54, 1.807) is 24.3 Å². The number of Topliss-reactive ketones (excluding diaryl/α,β-unsaturated/α-hetero) is 1. The van der Waals surface area contributed by atoms with Gasteiger partial charge < -0.3 is 15.0 Å². The first-order valence-corrected chi connectivity index (χ1v) is 10.1. The third kappa shape index (κ3) is 5.54. The van der Waals surface area contributed by atoms with E-state index < -0.39 is 0 Å². The molecule has 0 spiro atoms. The smallest absolute Gasteiger partial charge is 0.217 e. The number of nitrogens with zero attached hydrogens (tertiary/aromatic N) is 3. The van der Waals surface area contributed by atoms with Gasteiger partial charge in [-0.1, -0.05) is 23.4 Å². The van der Waals surface area contributed by atoms with E-state index in [1.807, 2.05) is 4.57 Å². The Morgan fingerprint density at radius 3 is 2.74 bits per heavy atom. The molecule has 2 heterocycles. The van der Waals surface area contributed by atoms with Gasteiger partial charge in [0.05, 0.1) is 18.4 Å². The Morgan fingerprint density at radius 2 is 2.07 bits per heavy atom. The molecular weight excluding hydrogens is 388 g/mol. The van der Waals surface area contributed by atoms with Crippen molar-refractivity contribution in [3.8, 4) is 0 Å². The van der Waals surface area contributed by atoms with Crippen molar-refractivity contribution in [2.75, 3.05) is 12.4 Å². The van der Waals surface area contributed by atoms with E-state index in [1.165, 1.54) is 11.8 Å². The highest BCUT2D eigenvalue weighted by Gasteiger charge is 2.21. The quantitative estimate of drug-likeness (QED) is 0.505. The Bertz CT molecular complexity index is 803. The molecule has 144 valence electrons. The fourth-order valence-electron chi connectivity index (χ4n) is 2.87. The number of ether oxygens (including phenoxy) is 1. The van der Waals surface area contributed by atoms with Crippen LogP contribution in [0.2, 0.25) is 5.02 Å². The molecule has 3 rings (SSSR count). The van der Waals surface area contributed by atoms with Gasteiger partial charge in [0, 0.05) is 30.0 Å². The minimum absolute atomic E-state index is 0.0120. The highest BCUT2D eigenvalue weighted by Crippen LogP contribution is 2.23. The molecular formula is C18H21ClN4O3S. The Kier molecular flexibility index (Phi) is 6.87. The molecule has 1 aromatic heterocycles. The molecule has 1 amide bonds. The fourth-order valence-corrected chi connectivity index (χ4v) is 3.86. The van der Waals surface area contributed by atoms with Crippen LogP contribution in [-0.2, 0) is 22.5 Å². The van der Waals surface area contributed by atoms with E-state index in [2.05, 4.69) is 10.2 Å². The lowest BCUT2D eigenvalue weighted by molar-refractivity contribution is -0.118. The molecule has 0 aliphatic carbocycles. The largest absolute Gasteiger partial charge is 0.376 e. The summed E-state index contributed by atoms with van der Waals surface area (Å²) in [6.07, 6.45) is 2.72. The minimum Gasteiger partial charge on any atom is -0.376 e. The van der Waals surface area contributed by atoms with Crippen molar-refractivity contribution in [1.82, 2.24) is 14.8 Å². The van der Waals surface area contributed by atoms with E-state index in [0.717, 1.165) is 19.4 Å². The van der Waals surface area contributed by atoms with Gasteiger partial charge in [-0.05, 0) is 37.1 Å². The van der Waals surface area contributed by atoms with E-state index >= 15 is 0 Å². The molecule has 1 saturated heterocycles. The zero-order valence-electron chi connectivity index (χ0n) is 14.8. The maximum Gasteiger partial charge on any atom is 0.217 e. The number of rotatable bonds is 9. The number of ketones is 1. The van der Waals surface area contributed by atoms with Crippen LogP contribution < -0.4 is 5.73 Å². The highest BCUT2D eigenvalue weighted by atomic mass is 35.5. The molecule has 1 atom stereocenters. The van der Waals surface area contributed by atoms with Crippen LogP contribution in [0.5, 0.6) is 0 Å². The predicted octanol–water partition coefficient (Wildman–Crippen LogP) is 2.50. The van der Waals surface area contributed by atoms with Crippen LogP contribution in [0.15, 0.2) is 29.4 Å². The number of carbonyl (C=O) groups is 2. The number of benzene rings is 1. The molecule has 0 bridgehead atoms. The molecule has 7 nitrogen and oxygen atoms in total. The average molecular weight is 409 g/mol. The summed E-state index contributed by atoms with van der Waals surface area (Å²) >= 11 is 7.19. The molecule has 1 aliphatic heterocycles. The van der Waals surface area contributed by atoms with Gasteiger partial charge >= 0.3 is 0 Å². The number of carbonyl (C=O) groups excluding carboxylic acids is 2. The molecule has 27 heavy (non-hydrogen) atoms. The fraction of sp³-hybridized carbons (Fsp3) is 0.444. The second-order valence-electron chi connectivity index (χ2n) is 6.33. The minimum atomic E-state index is -0.381. The lowest BCUT2D eigenvalue weighted by atomic mass is 10.1. The standard InChI is InChI=1S/C18H21ClN4O3S/c19-13-5-3-12(4-6-13)15(24)11-27-18-22-21-17(8-7-16(20)25)23(18)10-14-2-1-9-26-14/h3-6,14H,1-2,7-11H2,(H2,20,25). The Balaban J connectivity index is 1.69. The van der Waals surface area contributed by atoms with Gasteiger partial charge in [-0.3, -0.25) is 9.59 Å². The number of nitrogens with two attached hydrogens (primary N) is 1. The third-order valence-electron chi connectivity index (χ3n) is 4.30. The van der Waals surface area contributed by atoms with Gasteiger partial charge in [-0.2, -0.15) is 0 Å². The predicted molar refractivity (Wildman–Crippen MR) is 103 cm³/mol. The van der Waals surface area contributed by atoms with Crippen LogP contribution in [-0.4, -0.2) is 44.9 Å². The van der Waals surface area contributed by atoms with E-state index in [9.17, 15) is 9.59 Å². The van der Waals surface area contributed by atoms with Crippen molar-refractivity contribution < 1.29 is 14.3 Å².